The molecule has 1 saturated heterocycles. The van der Waals surface area contributed by atoms with Gasteiger partial charge in [0.15, 0.2) is 0 Å². The number of amides is 1. The van der Waals surface area contributed by atoms with Crippen LogP contribution in [-0.4, -0.2) is 47.8 Å². The maximum Gasteiger partial charge on any atom is 0.305 e. The van der Waals surface area contributed by atoms with Gasteiger partial charge in [-0.05, 0) is 49.9 Å². The molecule has 1 aromatic carbocycles. The molecule has 1 saturated carbocycles. The van der Waals surface area contributed by atoms with E-state index in [0.29, 0.717) is 48.7 Å². The summed E-state index contributed by atoms with van der Waals surface area (Å²) in [5.74, 6) is -0.157. The van der Waals surface area contributed by atoms with Gasteiger partial charge < -0.3 is 19.9 Å². The topological polar surface area (TPSA) is 97.8 Å². The average molecular weight is 384 g/mol. The van der Waals surface area contributed by atoms with E-state index >= 15 is 0 Å². The van der Waals surface area contributed by atoms with Gasteiger partial charge in [-0.3, -0.25) is 14.6 Å². The minimum Gasteiger partial charge on any atom is -0.497 e. The van der Waals surface area contributed by atoms with E-state index in [1.165, 1.54) is 0 Å². The molecule has 0 unspecified atom stereocenters. The van der Waals surface area contributed by atoms with Crippen molar-refractivity contribution < 1.29 is 24.2 Å². The van der Waals surface area contributed by atoms with Gasteiger partial charge in [0.1, 0.15) is 5.75 Å². The number of carboxylic acids is 1. The first-order valence-corrected chi connectivity index (χ1v) is 9.60. The molecular formula is C21H24N2O5. The van der Waals surface area contributed by atoms with Crippen molar-refractivity contribution >= 4 is 22.8 Å². The fraction of sp³-hybridized carbons (Fsp3) is 0.476. The van der Waals surface area contributed by atoms with E-state index in [1.54, 1.807) is 7.11 Å². The highest BCUT2D eigenvalue weighted by molar-refractivity contribution is 6.07. The standard InChI is InChI=1S/C21H24N2O5/c1-27-14-4-5-17-15(10-14)16(11-18(22-17)13-2-3-13)20(26)23-21(12-19(24)25)6-8-28-9-7-21/h4-5,10-11,13H,2-3,6-9,12H2,1H3,(H,23,26)(H,24,25). The van der Waals surface area contributed by atoms with Crippen molar-refractivity contribution in [3.05, 3.63) is 35.5 Å². The SMILES string of the molecule is COc1ccc2nc(C3CC3)cc(C(=O)NC3(CC(=O)O)CCOCC3)c2c1. The van der Waals surface area contributed by atoms with Crippen molar-refractivity contribution in [1.82, 2.24) is 10.3 Å². The second-order valence-electron chi connectivity index (χ2n) is 7.67. The lowest BCUT2D eigenvalue weighted by Crippen LogP contribution is -2.53. The van der Waals surface area contributed by atoms with E-state index in [2.05, 4.69) is 5.32 Å². The van der Waals surface area contributed by atoms with Gasteiger partial charge in [0.2, 0.25) is 0 Å². The molecule has 0 spiro atoms. The Morgan fingerprint density at radius 1 is 1.29 bits per heavy atom. The molecule has 1 aromatic heterocycles. The highest BCUT2D eigenvalue weighted by Gasteiger charge is 2.37. The number of ether oxygens (including phenoxy) is 2. The molecule has 2 N–H and O–H groups in total. The van der Waals surface area contributed by atoms with E-state index in [-0.39, 0.29) is 12.3 Å². The van der Waals surface area contributed by atoms with Gasteiger partial charge in [0.25, 0.3) is 5.91 Å². The number of hydrogen-bond donors (Lipinski definition) is 2. The van der Waals surface area contributed by atoms with Crippen molar-refractivity contribution in [2.75, 3.05) is 20.3 Å². The second kappa shape index (κ2) is 7.39. The van der Waals surface area contributed by atoms with Crippen LogP contribution in [-0.2, 0) is 9.53 Å². The predicted octanol–water partition coefficient (Wildman–Crippen LogP) is 2.87. The first kappa shape index (κ1) is 18.7. The van der Waals surface area contributed by atoms with Crippen LogP contribution in [0.1, 0.15) is 54.1 Å². The Balaban J connectivity index is 1.73. The minimum atomic E-state index is -0.929. The Hall–Kier alpha value is -2.67. The number of aliphatic carboxylic acids is 1. The predicted molar refractivity (Wildman–Crippen MR) is 103 cm³/mol. The number of carboxylic acid groups (broad SMARTS) is 1. The molecule has 7 nitrogen and oxygen atoms in total. The number of nitrogens with zero attached hydrogens (tertiary/aromatic N) is 1. The summed E-state index contributed by atoms with van der Waals surface area (Å²) in [6, 6.07) is 7.35. The van der Waals surface area contributed by atoms with Crippen molar-refractivity contribution in [2.45, 2.75) is 43.6 Å². The summed E-state index contributed by atoms with van der Waals surface area (Å²) in [6.07, 6.45) is 3.00. The Bertz CT molecular complexity index is 916. The second-order valence-corrected chi connectivity index (χ2v) is 7.67. The van der Waals surface area contributed by atoms with Crippen LogP contribution in [0.5, 0.6) is 5.75 Å². The van der Waals surface area contributed by atoms with Crippen LogP contribution in [0.3, 0.4) is 0 Å². The molecule has 1 aliphatic heterocycles. The maximum absolute atomic E-state index is 13.3. The molecule has 2 heterocycles. The Morgan fingerprint density at radius 3 is 2.68 bits per heavy atom. The molecule has 1 amide bonds. The van der Waals surface area contributed by atoms with Crippen LogP contribution in [0.15, 0.2) is 24.3 Å². The summed E-state index contributed by atoms with van der Waals surface area (Å²) in [6.45, 7) is 0.873. The number of carbonyl (C=O) groups is 2. The quantitative estimate of drug-likeness (QED) is 0.795. The van der Waals surface area contributed by atoms with E-state index in [0.717, 1.165) is 24.1 Å². The maximum atomic E-state index is 13.3. The summed E-state index contributed by atoms with van der Waals surface area (Å²) < 4.78 is 10.7. The normalized spacial score (nSPS) is 18.6. The smallest absolute Gasteiger partial charge is 0.305 e. The number of pyridine rings is 1. The monoisotopic (exact) mass is 384 g/mol. The zero-order valence-corrected chi connectivity index (χ0v) is 15.9. The van der Waals surface area contributed by atoms with Gasteiger partial charge in [0.05, 0.1) is 30.1 Å². The van der Waals surface area contributed by atoms with Gasteiger partial charge in [-0.15, -0.1) is 0 Å². The van der Waals surface area contributed by atoms with Crippen LogP contribution in [0.2, 0.25) is 0 Å². The number of aromatic nitrogens is 1. The third-order valence-electron chi connectivity index (χ3n) is 5.59. The average Bonchev–Trinajstić information content (AvgIpc) is 3.52. The first-order chi connectivity index (χ1) is 13.5. The van der Waals surface area contributed by atoms with Crippen LogP contribution in [0, 0.1) is 0 Å². The zero-order chi connectivity index (χ0) is 19.7. The first-order valence-electron chi connectivity index (χ1n) is 9.60. The van der Waals surface area contributed by atoms with E-state index < -0.39 is 11.5 Å². The number of benzene rings is 1. The third kappa shape index (κ3) is 3.80. The Labute approximate surface area is 163 Å². The fourth-order valence-electron chi connectivity index (χ4n) is 3.83. The van der Waals surface area contributed by atoms with Crippen LogP contribution in [0.25, 0.3) is 10.9 Å². The lowest BCUT2D eigenvalue weighted by molar-refractivity contribution is -0.139. The summed E-state index contributed by atoms with van der Waals surface area (Å²) in [4.78, 5) is 29.4. The van der Waals surface area contributed by atoms with Gasteiger partial charge in [-0.25, -0.2) is 0 Å². The summed E-state index contributed by atoms with van der Waals surface area (Å²) in [5.41, 5.74) is 1.38. The lowest BCUT2D eigenvalue weighted by Gasteiger charge is -2.37. The van der Waals surface area contributed by atoms with Crippen LogP contribution in [0.4, 0.5) is 0 Å². The molecular weight excluding hydrogens is 360 g/mol. The summed E-state index contributed by atoms with van der Waals surface area (Å²) in [5, 5.41) is 13.1. The molecule has 0 bridgehead atoms. The van der Waals surface area contributed by atoms with Crippen molar-refractivity contribution in [1.29, 1.82) is 0 Å². The van der Waals surface area contributed by atoms with Gasteiger partial charge in [-0.1, -0.05) is 0 Å². The fourth-order valence-corrected chi connectivity index (χ4v) is 3.83. The largest absolute Gasteiger partial charge is 0.497 e. The summed E-state index contributed by atoms with van der Waals surface area (Å²) in [7, 11) is 1.58. The van der Waals surface area contributed by atoms with Crippen molar-refractivity contribution in [2.24, 2.45) is 0 Å². The molecule has 28 heavy (non-hydrogen) atoms. The van der Waals surface area contributed by atoms with Crippen LogP contribution >= 0.6 is 0 Å². The van der Waals surface area contributed by atoms with E-state index in [4.69, 9.17) is 14.5 Å². The summed E-state index contributed by atoms with van der Waals surface area (Å²) >= 11 is 0. The number of carbonyl (C=O) groups excluding carboxylic acids is 1. The van der Waals surface area contributed by atoms with Crippen molar-refractivity contribution in [3.63, 3.8) is 0 Å². The molecule has 1 aliphatic carbocycles. The highest BCUT2D eigenvalue weighted by Crippen LogP contribution is 2.40. The molecule has 4 rings (SSSR count). The van der Waals surface area contributed by atoms with Gasteiger partial charge in [-0.2, -0.15) is 0 Å². The van der Waals surface area contributed by atoms with Crippen molar-refractivity contribution in [3.8, 4) is 5.75 Å². The molecule has 148 valence electrons. The highest BCUT2D eigenvalue weighted by atomic mass is 16.5. The lowest BCUT2D eigenvalue weighted by atomic mass is 9.86. The molecule has 0 radical (unpaired) electrons. The molecule has 2 aliphatic rings. The molecule has 2 aromatic rings. The molecule has 0 atom stereocenters. The van der Waals surface area contributed by atoms with Gasteiger partial charge >= 0.3 is 5.97 Å². The van der Waals surface area contributed by atoms with E-state index in [9.17, 15) is 14.7 Å². The zero-order valence-electron chi connectivity index (χ0n) is 15.9. The number of fused-ring (bicyclic) bond motifs is 1. The van der Waals surface area contributed by atoms with Gasteiger partial charge in [0, 0.05) is 30.2 Å². The third-order valence-corrected chi connectivity index (χ3v) is 5.59. The number of nitrogens with one attached hydrogen (secondary N) is 1. The number of methoxy groups -OCH3 is 1. The minimum absolute atomic E-state index is 0.121. The van der Waals surface area contributed by atoms with Crippen LogP contribution < -0.4 is 10.1 Å². The Kier molecular flexibility index (Phi) is 4.93. The Morgan fingerprint density at radius 2 is 2.04 bits per heavy atom. The molecule has 7 heteroatoms. The number of hydrogen-bond acceptors (Lipinski definition) is 5. The number of rotatable bonds is 6. The molecule has 2 fully saturated rings. The van der Waals surface area contributed by atoms with E-state index in [1.807, 2.05) is 24.3 Å².